The van der Waals surface area contributed by atoms with Gasteiger partial charge in [-0.15, -0.1) is 0 Å². The zero-order valence-corrected chi connectivity index (χ0v) is 18.9. The molecule has 1 amide bonds. The number of nitrogens with one attached hydrogen (secondary N) is 1. The highest BCUT2D eigenvalue weighted by atomic mass is 19.1. The molecule has 1 aliphatic heterocycles. The Hall–Kier alpha value is -3.98. The first kappa shape index (κ1) is 21.8. The molecule has 1 aliphatic rings. The Morgan fingerprint density at radius 2 is 1.97 bits per heavy atom. The summed E-state index contributed by atoms with van der Waals surface area (Å²) < 4.78 is 26.1. The van der Waals surface area contributed by atoms with E-state index in [0.717, 1.165) is 16.6 Å². The molecule has 34 heavy (non-hydrogen) atoms. The topological polar surface area (TPSA) is 81.5 Å². The molecule has 0 unspecified atom stereocenters. The van der Waals surface area contributed by atoms with E-state index >= 15 is 0 Å². The van der Waals surface area contributed by atoms with E-state index in [4.69, 9.17) is 9.47 Å². The molecule has 8 nitrogen and oxygen atoms in total. The van der Waals surface area contributed by atoms with Gasteiger partial charge in [0.15, 0.2) is 11.6 Å². The van der Waals surface area contributed by atoms with Crippen molar-refractivity contribution in [1.82, 2.24) is 19.4 Å². The molecule has 0 spiro atoms. The van der Waals surface area contributed by atoms with Crippen LogP contribution in [0.2, 0.25) is 0 Å². The summed E-state index contributed by atoms with van der Waals surface area (Å²) in [4.78, 5) is 23.8. The van der Waals surface area contributed by atoms with Gasteiger partial charge in [0.1, 0.15) is 5.65 Å². The summed E-state index contributed by atoms with van der Waals surface area (Å²) in [6.45, 7) is 4.29. The SMILES string of the molecule is COc1cc(Nc2ncc3ccn(-c4ccc(C(=O)N5CCOCC5)c(C)c4)c3n2)ccc1F. The quantitative estimate of drug-likeness (QED) is 0.482. The van der Waals surface area contributed by atoms with Crippen LogP contribution in [-0.4, -0.2) is 58.8 Å². The number of nitrogens with zero attached hydrogens (tertiary/aromatic N) is 4. The van der Waals surface area contributed by atoms with Crippen LogP contribution in [0, 0.1) is 12.7 Å². The van der Waals surface area contributed by atoms with E-state index in [0.29, 0.717) is 49.1 Å². The number of amides is 1. The van der Waals surface area contributed by atoms with Crippen molar-refractivity contribution in [2.45, 2.75) is 6.92 Å². The van der Waals surface area contributed by atoms with Crippen molar-refractivity contribution in [1.29, 1.82) is 0 Å². The van der Waals surface area contributed by atoms with E-state index in [-0.39, 0.29) is 11.7 Å². The third-order valence-corrected chi connectivity index (χ3v) is 5.85. The fourth-order valence-corrected chi connectivity index (χ4v) is 4.03. The number of morpholine rings is 1. The zero-order chi connectivity index (χ0) is 23.7. The zero-order valence-electron chi connectivity index (χ0n) is 18.9. The Bertz CT molecular complexity index is 1360. The van der Waals surface area contributed by atoms with E-state index in [9.17, 15) is 9.18 Å². The predicted molar refractivity (Wildman–Crippen MR) is 127 cm³/mol. The van der Waals surface area contributed by atoms with Gasteiger partial charge in [-0.25, -0.2) is 9.37 Å². The average molecular weight is 461 g/mol. The van der Waals surface area contributed by atoms with E-state index < -0.39 is 5.82 Å². The standard InChI is InChI=1S/C25H24FN5O3/c1-16-13-19(4-5-20(16)24(32)30-9-11-34-12-10-30)31-8-7-17-15-27-25(29-23(17)31)28-18-3-6-21(26)22(14-18)33-2/h3-8,13-15H,9-12H2,1-2H3,(H,27,28,29). The molecule has 9 heteroatoms. The first-order chi connectivity index (χ1) is 16.5. The van der Waals surface area contributed by atoms with Crippen molar-refractivity contribution in [3.05, 3.63) is 71.8 Å². The van der Waals surface area contributed by atoms with Gasteiger partial charge < -0.3 is 24.3 Å². The molecule has 1 fully saturated rings. The molecule has 2 aromatic heterocycles. The monoisotopic (exact) mass is 461 g/mol. The van der Waals surface area contributed by atoms with Gasteiger partial charge in [-0.3, -0.25) is 4.79 Å². The number of hydrogen-bond acceptors (Lipinski definition) is 6. The Morgan fingerprint density at radius 1 is 1.15 bits per heavy atom. The van der Waals surface area contributed by atoms with Crippen LogP contribution < -0.4 is 10.1 Å². The minimum absolute atomic E-state index is 0.0215. The fourth-order valence-electron chi connectivity index (χ4n) is 4.03. The normalized spacial score (nSPS) is 13.8. The van der Waals surface area contributed by atoms with Crippen molar-refractivity contribution < 1.29 is 18.7 Å². The highest BCUT2D eigenvalue weighted by molar-refractivity contribution is 5.96. The molecule has 4 aromatic rings. The molecular weight excluding hydrogens is 437 g/mol. The van der Waals surface area contributed by atoms with Crippen molar-refractivity contribution in [3.8, 4) is 11.4 Å². The third-order valence-electron chi connectivity index (χ3n) is 5.85. The molecule has 0 bridgehead atoms. The van der Waals surface area contributed by atoms with Crippen molar-refractivity contribution >= 4 is 28.6 Å². The number of benzene rings is 2. The number of aromatic nitrogens is 3. The lowest BCUT2D eigenvalue weighted by molar-refractivity contribution is 0.0302. The molecule has 0 saturated carbocycles. The summed E-state index contributed by atoms with van der Waals surface area (Å²) in [5.41, 5.74) is 3.78. The maximum absolute atomic E-state index is 13.7. The molecular formula is C25H24FN5O3. The first-order valence-electron chi connectivity index (χ1n) is 11.0. The number of carbonyl (C=O) groups is 1. The third kappa shape index (κ3) is 4.17. The fraction of sp³-hybridized carbons (Fsp3) is 0.240. The van der Waals surface area contributed by atoms with Crippen LogP contribution in [0.4, 0.5) is 16.0 Å². The van der Waals surface area contributed by atoms with E-state index in [1.54, 1.807) is 18.3 Å². The van der Waals surface area contributed by atoms with Gasteiger partial charge in [0.25, 0.3) is 5.91 Å². The van der Waals surface area contributed by atoms with E-state index in [1.165, 1.54) is 13.2 Å². The molecule has 2 aromatic carbocycles. The molecule has 1 N–H and O–H groups in total. The van der Waals surface area contributed by atoms with Crippen LogP contribution in [0.25, 0.3) is 16.7 Å². The minimum atomic E-state index is -0.441. The number of fused-ring (bicyclic) bond motifs is 1. The smallest absolute Gasteiger partial charge is 0.254 e. The summed E-state index contributed by atoms with van der Waals surface area (Å²) in [7, 11) is 1.42. The van der Waals surface area contributed by atoms with Gasteiger partial charge in [0.05, 0.1) is 20.3 Å². The van der Waals surface area contributed by atoms with E-state index in [2.05, 4.69) is 15.3 Å². The Morgan fingerprint density at radius 3 is 2.74 bits per heavy atom. The Labute approximate surface area is 195 Å². The maximum atomic E-state index is 13.7. The predicted octanol–water partition coefficient (Wildman–Crippen LogP) is 4.09. The lowest BCUT2D eigenvalue weighted by atomic mass is 10.1. The summed E-state index contributed by atoms with van der Waals surface area (Å²) in [6.07, 6.45) is 3.65. The molecule has 0 atom stereocenters. The van der Waals surface area contributed by atoms with Crippen LogP contribution in [0.15, 0.2) is 54.9 Å². The first-order valence-corrected chi connectivity index (χ1v) is 11.0. The van der Waals surface area contributed by atoms with Crippen LogP contribution in [0.5, 0.6) is 5.75 Å². The number of aryl methyl sites for hydroxylation is 1. The molecule has 1 saturated heterocycles. The van der Waals surface area contributed by atoms with Crippen LogP contribution in [-0.2, 0) is 4.74 Å². The Balaban J connectivity index is 1.44. The number of hydrogen-bond donors (Lipinski definition) is 1. The van der Waals surface area contributed by atoms with Gasteiger partial charge >= 0.3 is 0 Å². The molecule has 174 valence electrons. The highest BCUT2D eigenvalue weighted by Gasteiger charge is 2.20. The maximum Gasteiger partial charge on any atom is 0.254 e. The number of carbonyl (C=O) groups excluding carboxylic acids is 1. The van der Waals surface area contributed by atoms with Gasteiger partial charge in [0, 0.05) is 53.9 Å². The van der Waals surface area contributed by atoms with E-state index in [1.807, 2.05) is 46.9 Å². The summed E-state index contributed by atoms with van der Waals surface area (Å²) in [5.74, 6) is 0.0889. The van der Waals surface area contributed by atoms with Gasteiger partial charge in [-0.05, 0) is 48.9 Å². The lowest BCUT2D eigenvalue weighted by Gasteiger charge is -2.27. The second-order valence-electron chi connectivity index (χ2n) is 8.04. The number of halogens is 1. The highest BCUT2D eigenvalue weighted by Crippen LogP contribution is 2.26. The summed E-state index contributed by atoms with van der Waals surface area (Å²) in [5, 5.41) is 3.96. The molecule has 5 rings (SSSR count). The number of methoxy groups -OCH3 is 1. The number of rotatable bonds is 5. The lowest BCUT2D eigenvalue weighted by Crippen LogP contribution is -2.40. The van der Waals surface area contributed by atoms with Gasteiger partial charge in [-0.1, -0.05) is 0 Å². The summed E-state index contributed by atoms with van der Waals surface area (Å²) >= 11 is 0. The molecule has 0 radical (unpaired) electrons. The van der Waals surface area contributed by atoms with Crippen molar-refractivity contribution in [3.63, 3.8) is 0 Å². The largest absolute Gasteiger partial charge is 0.494 e. The van der Waals surface area contributed by atoms with Crippen LogP contribution in [0.1, 0.15) is 15.9 Å². The van der Waals surface area contributed by atoms with Crippen molar-refractivity contribution in [2.75, 3.05) is 38.7 Å². The van der Waals surface area contributed by atoms with Gasteiger partial charge in [-0.2, -0.15) is 4.98 Å². The van der Waals surface area contributed by atoms with Crippen LogP contribution in [0.3, 0.4) is 0 Å². The molecule has 3 heterocycles. The Kier molecular flexibility index (Phi) is 5.85. The van der Waals surface area contributed by atoms with Crippen molar-refractivity contribution in [2.24, 2.45) is 0 Å². The molecule has 0 aliphatic carbocycles. The number of ether oxygens (including phenoxy) is 2. The number of anilines is 2. The van der Waals surface area contributed by atoms with Gasteiger partial charge in [0.2, 0.25) is 5.95 Å². The minimum Gasteiger partial charge on any atom is -0.494 e. The second-order valence-corrected chi connectivity index (χ2v) is 8.04. The van der Waals surface area contributed by atoms with Crippen LogP contribution >= 0.6 is 0 Å². The second kappa shape index (κ2) is 9.11. The summed E-state index contributed by atoms with van der Waals surface area (Å²) in [6, 6.07) is 12.2. The average Bonchev–Trinajstić information content (AvgIpc) is 3.28.